The molecule has 0 unspecified atom stereocenters. The molecule has 2 rings (SSSR count). The van der Waals surface area contributed by atoms with E-state index in [4.69, 9.17) is 10.5 Å². The van der Waals surface area contributed by atoms with Crippen LogP contribution in [0.4, 0.5) is 5.82 Å². The number of hydrogen-bond donors (Lipinski definition) is 2. The predicted octanol–water partition coefficient (Wildman–Crippen LogP) is -0.396. The lowest BCUT2D eigenvalue weighted by atomic mass is 10.2. The number of aromatic nitrogens is 3. The number of aryl methyl sites for hydroxylation is 1. The summed E-state index contributed by atoms with van der Waals surface area (Å²) in [5, 5.41) is 0. The molecule has 24 heavy (non-hydrogen) atoms. The summed E-state index contributed by atoms with van der Waals surface area (Å²) in [5.74, 6) is 2.29. The summed E-state index contributed by atoms with van der Waals surface area (Å²) in [6.45, 7) is 6.24. The number of rotatable bonds is 9. The van der Waals surface area contributed by atoms with Crippen LogP contribution >= 0.6 is 33.8 Å². The van der Waals surface area contributed by atoms with Crippen molar-refractivity contribution < 1.29 is 21.7 Å². The molecule has 2 aromatic rings. The monoisotopic (exact) mass is 406 g/mol. The van der Waals surface area contributed by atoms with E-state index in [-0.39, 0.29) is 12.4 Å². The van der Waals surface area contributed by atoms with Crippen LogP contribution in [0.3, 0.4) is 0 Å². The van der Waals surface area contributed by atoms with E-state index in [1.165, 1.54) is 10.6 Å². The first kappa shape index (κ1) is 21.5. The Kier molecular flexibility index (Phi) is 9.99. The summed E-state index contributed by atoms with van der Waals surface area (Å²) in [7, 11) is 1.56. The standard InChI is InChI=1S/C15H22N4OS3.ClH/c1-11-14(4-6-20-5-3-7-23-21)22-10-19(11)9-13-8-17-12(2)18-15(13)16;/h8,10H,3-7,9H2,1-2H3,(H2-,16,17,18,21);1H. The number of nitrogens with zero attached hydrogens (tertiary/aromatic N) is 3. The van der Waals surface area contributed by atoms with Gasteiger partial charge in [-0.1, -0.05) is 22.1 Å². The van der Waals surface area contributed by atoms with E-state index in [1.54, 1.807) is 22.1 Å². The van der Waals surface area contributed by atoms with Crippen LogP contribution in [0.25, 0.3) is 0 Å². The van der Waals surface area contributed by atoms with Crippen molar-refractivity contribution in [3.8, 4) is 0 Å². The molecule has 0 spiro atoms. The Hall–Kier alpha value is -0.540. The number of hydrogen-bond acceptors (Lipinski definition) is 7. The SMILES string of the molecule is Cc1ncc(C[n+]2csc(CCOCCCSS)c2C)c(N)n1.[Cl-]. The van der Waals surface area contributed by atoms with E-state index in [0.29, 0.717) is 18.2 Å². The van der Waals surface area contributed by atoms with Gasteiger partial charge in [-0.3, -0.25) is 0 Å². The second-order valence-electron chi connectivity index (χ2n) is 5.24. The van der Waals surface area contributed by atoms with Gasteiger partial charge in [0.2, 0.25) is 5.51 Å². The van der Waals surface area contributed by atoms with E-state index in [9.17, 15) is 0 Å². The third kappa shape index (κ3) is 6.40. The zero-order valence-corrected chi connectivity index (χ0v) is 17.1. The van der Waals surface area contributed by atoms with Gasteiger partial charge in [0.25, 0.3) is 0 Å². The molecule has 2 heterocycles. The Morgan fingerprint density at radius 3 is 2.88 bits per heavy atom. The predicted molar refractivity (Wildman–Crippen MR) is 100 cm³/mol. The summed E-state index contributed by atoms with van der Waals surface area (Å²) in [4.78, 5) is 9.80. The summed E-state index contributed by atoms with van der Waals surface area (Å²) in [5.41, 5.74) is 10.3. The van der Waals surface area contributed by atoms with Gasteiger partial charge in [0.1, 0.15) is 11.6 Å². The van der Waals surface area contributed by atoms with Crippen molar-refractivity contribution in [2.75, 3.05) is 24.7 Å². The van der Waals surface area contributed by atoms with Gasteiger partial charge in [-0.15, -0.1) is 11.7 Å². The highest BCUT2D eigenvalue weighted by molar-refractivity contribution is 8.68. The molecule has 0 amide bonds. The average molecular weight is 407 g/mol. The topological polar surface area (TPSA) is 64.9 Å². The van der Waals surface area contributed by atoms with Crippen LogP contribution in [0, 0.1) is 13.8 Å². The molecule has 2 aromatic heterocycles. The van der Waals surface area contributed by atoms with E-state index < -0.39 is 0 Å². The molecule has 0 aliphatic carbocycles. The van der Waals surface area contributed by atoms with Crippen molar-refractivity contribution in [3.63, 3.8) is 0 Å². The maximum Gasteiger partial charge on any atom is 0.225 e. The Bertz CT molecular complexity index is 639. The van der Waals surface area contributed by atoms with Crippen LogP contribution in [-0.2, 0) is 17.7 Å². The molecule has 0 atom stereocenters. The number of thiol groups is 1. The Labute approximate surface area is 162 Å². The third-order valence-corrected chi connectivity index (χ3v) is 5.68. The fourth-order valence-electron chi connectivity index (χ4n) is 2.16. The van der Waals surface area contributed by atoms with E-state index in [0.717, 1.165) is 37.4 Å². The summed E-state index contributed by atoms with van der Waals surface area (Å²) >= 11 is 5.87. The Morgan fingerprint density at radius 1 is 1.38 bits per heavy atom. The molecule has 0 aliphatic rings. The van der Waals surface area contributed by atoms with Gasteiger partial charge < -0.3 is 22.9 Å². The number of ether oxygens (including phenoxy) is 1. The zero-order valence-electron chi connectivity index (χ0n) is 13.9. The third-order valence-electron chi connectivity index (χ3n) is 3.51. The Balaban J connectivity index is 0.00000288. The minimum Gasteiger partial charge on any atom is -1.00 e. The van der Waals surface area contributed by atoms with Crippen LogP contribution in [0.5, 0.6) is 0 Å². The molecule has 9 heteroatoms. The number of nitrogens with two attached hydrogens (primary N) is 1. The lowest BCUT2D eigenvalue weighted by Gasteiger charge is -2.03. The smallest absolute Gasteiger partial charge is 0.225 e. The highest BCUT2D eigenvalue weighted by Gasteiger charge is 2.17. The quantitative estimate of drug-likeness (QED) is 0.257. The summed E-state index contributed by atoms with van der Waals surface area (Å²) in [6, 6.07) is 0. The van der Waals surface area contributed by atoms with Crippen LogP contribution < -0.4 is 22.7 Å². The van der Waals surface area contributed by atoms with Crippen molar-refractivity contribution in [1.29, 1.82) is 0 Å². The molecular weight excluding hydrogens is 384 g/mol. The molecule has 0 fully saturated rings. The van der Waals surface area contributed by atoms with E-state index in [2.05, 4.69) is 38.6 Å². The Morgan fingerprint density at radius 2 is 2.17 bits per heavy atom. The molecule has 0 aromatic carbocycles. The van der Waals surface area contributed by atoms with Gasteiger partial charge in [0.15, 0.2) is 12.2 Å². The number of anilines is 1. The highest BCUT2D eigenvalue weighted by Crippen LogP contribution is 2.14. The number of thiazole rings is 1. The molecular formula is C15H23ClN4OS3. The molecule has 0 saturated carbocycles. The highest BCUT2D eigenvalue weighted by atomic mass is 35.5. The van der Waals surface area contributed by atoms with Crippen molar-refractivity contribution in [3.05, 3.63) is 33.7 Å². The van der Waals surface area contributed by atoms with Crippen LogP contribution in [0.2, 0.25) is 0 Å². The minimum absolute atomic E-state index is 0. The molecule has 0 aliphatic heterocycles. The molecule has 5 nitrogen and oxygen atoms in total. The fourth-order valence-corrected chi connectivity index (χ4v) is 3.77. The van der Waals surface area contributed by atoms with Gasteiger partial charge in [-0.05, 0) is 13.3 Å². The first-order valence-electron chi connectivity index (χ1n) is 7.50. The molecule has 134 valence electrons. The van der Waals surface area contributed by atoms with Crippen molar-refractivity contribution in [2.24, 2.45) is 0 Å². The normalized spacial score (nSPS) is 10.6. The van der Waals surface area contributed by atoms with Gasteiger partial charge in [-0.2, -0.15) is 4.57 Å². The summed E-state index contributed by atoms with van der Waals surface area (Å²) in [6.07, 6.45) is 3.80. The maximum atomic E-state index is 5.98. The largest absolute Gasteiger partial charge is 1.00 e. The maximum absolute atomic E-state index is 5.98. The van der Waals surface area contributed by atoms with E-state index in [1.807, 2.05) is 13.1 Å². The molecule has 2 N–H and O–H groups in total. The van der Waals surface area contributed by atoms with Crippen molar-refractivity contribution in [2.45, 2.75) is 33.2 Å². The van der Waals surface area contributed by atoms with Crippen molar-refractivity contribution in [1.82, 2.24) is 9.97 Å². The zero-order chi connectivity index (χ0) is 16.7. The first-order valence-corrected chi connectivity index (χ1v) is 10.4. The van der Waals surface area contributed by atoms with Gasteiger partial charge in [-0.25, -0.2) is 9.97 Å². The number of nitrogen functional groups attached to an aromatic ring is 1. The lowest BCUT2D eigenvalue weighted by molar-refractivity contribution is -0.689. The fraction of sp³-hybridized carbons (Fsp3) is 0.533. The second kappa shape index (κ2) is 11.1. The van der Waals surface area contributed by atoms with Gasteiger partial charge >= 0.3 is 0 Å². The lowest BCUT2D eigenvalue weighted by Crippen LogP contribution is -3.00. The minimum atomic E-state index is 0. The van der Waals surface area contributed by atoms with Crippen LogP contribution in [0.1, 0.15) is 28.4 Å². The van der Waals surface area contributed by atoms with Crippen LogP contribution in [0.15, 0.2) is 11.7 Å². The summed E-state index contributed by atoms with van der Waals surface area (Å²) < 4.78 is 7.86. The van der Waals surface area contributed by atoms with Crippen molar-refractivity contribution >= 4 is 39.6 Å². The molecule has 0 radical (unpaired) electrons. The van der Waals surface area contributed by atoms with Crippen LogP contribution in [-0.4, -0.2) is 28.9 Å². The molecule has 0 bridgehead atoms. The van der Waals surface area contributed by atoms with Gasteiger partial charge in [0, 0.05) is 31.9 Å². The van der Waals surface area contributed by atoms with Gasteiger partial charge in [0.05, 0.1) is 17.0 Å². The second-order valence-corrected chi connectivity index (χ2v) is 7.62. The molecule has 0 saturated heterocycles. The van der Waals surface area contributed by atoms with E-state index >= 15 is 0 Å². The average Bonchev–Trinajstić information content (AvgIpc) is 2.86. The first-order chi connectivity index (χ1) is 11.1. The number of halogens is 1.